The van der Waals surface area contributed by atoms with Crippen molar-refractivity contribution in [2.24, 2.45) is 5.41 Å². The lowest BCUT2D eigenvalue weighted by atomic mass is 9.77. The predicted molar refractivity (Wildman–Crippen MR) is 71.4 cm³/mol. The molecule has 0 spiro atoms. The van der Waals surface area contributed by atoms with E-state index in [2.05, 4.69) is 19.9 Å². The summed E-state index contributed by atoms with van der Waals surface area (Å²) in [5.74, 6) is 0.126. The monoisotopic (exact) mass is 265 g/mol. The molecular weight excluding hydrogens is 242 g/mol. The number of ether oxygens (including phenoxy) is 1. The third-order valence-corrected chi connectivity index (χ3v) is 4.20. The van der Waals surface area contributed by atoms with Crippen LogP contribution in [0.15, 0.2) is 0 Å². The van der Waals surface area contributed by atoms with E-state index < -0.39 is 0 Å². The molecule has 0 bridgehead atoms. The number of piperidine rings is 1. The second-order valence-corrected chi connectivity index (χ2v) is 6.09. The molecule has 0 aromatic rings. The molecular formula is C14H23N3O2. The van der Waals surface area contributed by atoms with Crippen LogP contribution in [0.1, 0.15) is 26.7 Å². The van der Waals surface area contributed by atoms with Crippen molar-refractivity contribution in [1.29, 1.82) is 5.26 Å². The molecule has 2 aliphatic rings. The Bertz CT molecular complexity index is 369. The first kappa shape index (κ1) is 14.3. The zero-order chi connectivity index (χ0) is 13.9. The quantitative estimate of drug-likeness (QED) is 0.743. The second-order valence-electron chi connectivity index (χ2n) is 6.09. The SMILES string of the molecule is CC1(C)CCCN(CC(=O)N2CCOCC2)[C@H]1C#N. The van der Waals surface area contributed by atoms with Gasteiger partial charge in [-0.1, -0.05) is 13.8 Å². The molecule has 2 saturated heterocycles. The molecule has 0 N–H and O–H groups in total. The summed E-state index contributed by atoms with van der Waals surface area (Å²) in [4.78, 5) is 16.1. The number of nitriles is 1. The van der Waals surface area contributed by atoms with E-state index in [0.717, 1.165) is 19.4 Å². The van der Waals surface area contributed by atoms with Gasteiger partial charge in [0.2, 0.25) is 5.91 Å². The highest BCUT2D eigenvalue weighted by molar-refractivity contribution is 5.78. The fraction of sp³-hybridized carbons (Fsp3) is 0.857. The van der Waals surface area contributed by atoms with Gasteiger partial charge in [-0.15, -0.1) is 0 Å². The van der Waals surface area contributed by atoms with Gasteiger partial charge < -0.3 is 9.64 Å². The summed E-state index contributed by atoms with van der Waals surface area (Å²) >= 11 is 0. The van der Waals surface area contributed by atoms with Gasteiger partial charge in [-0.05, 0) is 24.8 Å². The van der Waals surface area contributed by atoms with Crippen LogP contribution >= 0.6 is 0 Å². The molecule has 5 nitrogen and oxygen atoms in total. The minimum absolute atomic E-state index is 0.0295. The highest BCUT2D eigenvalue weighted by Crippen LogP contribution is 2.34. The molecule has 106 valence electrons. The smallest absolute Gasteiger partial charge is 0.236 e. The van der Waals surface area contributed by atoms with Gasteiger partial charge in [0.1, 0.15) is 6.04 Å². The fourth-order valence-corrected chi connectivity index (χ4v) is 3.01. The van der Waals surface area contributed by atoms with Gasteiger partial charge in [-0.2, -0.15) is 5.26 Å². The van der Waals surface area contributed by atoms with E-state index in [-0.39, 0.29) is 17.4 Å². The van der Waals surface area contributed by atoms with Gasteiger partial charge in [0.05, 0.1) is 25.8 Å². The summed E-state index contributed by atoms with van der Waals surface area (Å²) in [5, 5.41) is 9.38. The minimum Gasteiger partial charge on any atom is -0.378 e. The second kappa shape index (κ2) is 5.89. The van der Waals surface area contributed by atoms with Crippen LogP contribution in [-0.4, -0.2) is 61.1 Å². The molecule has 1 atom stereocenters. The van der Waals surface area contributed by atoms with Crippen molar-refractivity contribution in [1.82, 2.24) is 9.80 Å². The van der Waals surface area contributed by atoms with E-state index in [4.69, 9.17) is 4.74 Å². The molecule has 2 rings (SSSR count). The normalized spacial score (nSPS) is 27.8. The van der Waals surface area contributed by atoms with Gasteiger partial charge in [-0.3, -0.25) is 9.69 Å². The number of rotatable bonds is 2. The molecule has 0 aliphatic carbocycles. The lowest BCUT2D eigenvalue weighted by molar-refractivity contribution is -0.137. The van der Waals surface area contributed by atoms with Crippen LogP contribution in [0.25, 0.3) is 0 Å². The number of nitrogens with zero attached hydrogens (tertiary/aromatic N) is 3. The highest BCUT2D eigenvalue weighted by atomic mass is 16.5. The fourth-order valence-electron chi connectivity index (χ4n) is 3.01. The van der Waals surface area contributed by atoms with Crippen LogP contribution in [0.4, 0.5) is 0 Å². The van der Waals surface area contributed by atoms with Crippen LogP contribution < -0.4 is 0 Å². The van der Waals surface area contributed by atoms with Gasteiger partial charge in [0.25, 0.3) is 0 Å². The molecule has 2 heterocycles. The van der Waals surface area contributed by atoms with Gasteiger partial charge in [-0.25, -0.2) is 0 Å². The Morgan fingerprint density at radius 3 is 2.68 bits per heavy atom. The molecule has 5 heteroatoms. The lowest BCUT2D eigenvalue weighted by Gasteiger charge is -2.43. The zero-order valence-corrected chi connectivity index (χ0v) is 11.9. The topological polar surface area (TPSA) is 56.6 Å². The van der Waals surface area contributed by atoms with E-state index in [9.17, 15) is 10.1 Å². The van der Waals surface area contributed by atoms with Gasteiger partial charge >= 0.3 is 0 Å². The average Bonchev–Trinajstić information content (AvgIpc) is 2.39. The third kappa shape index (κ3) is 3.26. The minimum atomic E-state index is -0.161. The standard InChI is InChI=1S/C14H23N3O2/c1-14(2)4-3-5-17(12(14)10-15)11-13(18)16-6-8-19-9-7-16/h12H,3-9,11H2,1-2H3/t12-/m0/s1. The van der Waals surface area contributed by atoms with E-state index in [1.807, 2.05) is 9.80 Å². The van der Waals surface area contributed by atoms with Crippen molar-refractivity contribution in [3.05, 3.63) is 0 Å². The summed E-state index contributed by atoms with van der Waals surface area (Å²) in [6.07, 6.45) is 2.11. The molecule has 19 heavy (non-hydrogen) atoms. The van der Waals surface area contributed by atoms with Crippen molar-refractivity contribution >= 4 is 5.91 Å². The number of carbonyl (C=O) groups excluding carboxylic acids is 1. The summed E-state index contributed by atoms with van der Waals surface area (Å²) in [6, 6.07) is 2.22. The Labute approximate surface area is 115 Å². The van der Waals surface area contributed by atoms with Gasteiger partial charge in [0.15, 0.2) is 0 Å². The van der Waals surface area contributed by atoms with Crippen molar-refractivity contribution in [3.63, 3.8) is 0 Å². The van der Waals surface area contributed by atoms with E-state index in [1.165, 1.54) is 0 Å². The molecule has 0 saturated carbocycles. The van der Waals surface area contributed by atoms with Gasteiger partial charge in [0, 0.05) is 13.1 Å². The first-order valence-corrected chi connectivity index (χ1v) is 7.04. The van der Waals surface area contributed by atoms with Crippen molar-refractivity contribution in [2.45, 2.75) is 32.7 Å². The zero-order valence-electron chi connectivity index (χ0n) is 11.9. The summed E-state index contributed by atoms with van der Waals surface area (Å²) in [7, 11) is 0. The molecule has 2 fully saturated rings. The van der Waals surface area contributed by atoms with E-state index in [0.29, 0.717) is 32.8 Å². The predicted octanol–water partition coefficient (Wildman–Crippen LogP) is 0.859. The maximum absolute atomic E-state index is 12.3. The molecule has 0 aromatic heterocycles. The molecule has 0 aromatic carbocycles. The van der Waals surface area contributed by atoms with E-state index in [1.54, 1.807) is 0 Å². The number of morpholine rings is 1. The molecule has 0 unspecified atom stereocenters. The summed E-state index contributed by atoms with van der Waals surface area (Å²) < 4.78 is 5.26. The van der Waals surface area contributed by atoms with E-state index >= 15 is 0 Å². The van der Waals surface area contributed by atoms with Crippen molar-refractivity contribution in [3.8, 4) is 6.07 Å². The Kier molecular flexibility index (Phi) is 4.43. The molecule has 2 aliphatic heterocycles. The van der Waals surface area contributed by atoms with Crippen LogP contribution in [0.5, 0.6) is 0 Å². The summed E-state index contributed by atoms with van der Waals surface area (Å²) in [5.41, 5.74) is -0.0295. The molecule has 0 radical (unpaired) electrons. The number of likely N-dealkylation sites (tertiary alicyclic amines) is 1. The maximum Gasteiger partial charge on any atom is 0.236 e. The first-order valence-electron chi connectivity index (χ1n) is 7.04. The number of amides is 1. The maximum atomic E-state index is 12.3. The van der Waals surface area contributed by atoms with Crippen molar-refractivity contribution in [2.75, 3.05) is 39.4 Å². The number of hydrogen-bond acceptors (Lipinski definition) is 4. The third-order valence-electron chi connectivity index (χ3n) is 4.20. The van der Waals surface area contributed by atoms with Crippen molar-refractivity contribution < 1.29 is 9.53 Å². The lowest BCUT2D eigenvalue weighted by Crippen LogP contribution is -2.53. The number of hydrogen-bond donors (Lipinski definition) is 0. The van der Waals surface area contributed by atoms with Crippen LogP contribution in [0.2, 0.25) is 0 Å². The Morgan fingerprint density at radius 1 is 1.37 bits per heavy atom. The van der Waals surface area contributed by atoms with Crippen LogP contribution in [0.3, 0.4) is 0 Å². The Morgan fingerprint density at radius 2 is 2.05 bits per heavy atom. The Hall–Kier alpha value is -1.12. The largest absolute Gasteiger partial charge is 0.378 e. The summed E-state index contributed by atoms with van der Waals surface area (Å²) in [6.45, 7) is 8.04. The average molecular weight is 265 g/mol. The molecule has 1 amide bonds. The Balaban J connectivity index is 1.97. The van der Waals surface area contributed by atoms with Crippen LogP contribution in [-0.2, 0) is 9.53 Å². The highest BCUT2D eigenvalue weighted by Gasteiger charge is 2.38. The first-order chi connectivity index (χ1) is 9.04. The van der Waals surface area contributed by atoms with Crippen LogP contribution in [0, 0.1) is 16.7 Å². The number of carbonyl (C=O) groups is 1.